The Balaban J connectivity index is 2.96. The number of para-hydroxylation sites is 1. The van der Waals surface area contributed by atoms with E-state index in [1.807, 2.05) is 0 Å². The summed E-state index contributed by atoms with van der Waals surface area (Å²) < 4.78 is 23.7. The van der Waals surface area contributed by atoms with Crippen LogP contribution in [0.15, 0.2) is 18.2 Å². The summed E-state index contributed by atoms with van der Waals surface area (Å²) in [4.78, 5) is 21.9. The summed E-state index contributed by atoms with van der Waals surface area (Å²) in [6, 6.07) is 3.38. The molecule has 0 aliphatic carbocycles. The molecule has 0 spiro atoms. The van der Waals surface area contributed by atoms with E-state index < -0.39 is 33.7 Å². The molecule has 8 heteroatoms. The summed E-state index contributed by atoms with van der Waals surface area (Å²) in [5, 5.41) is 13.6. The fraction of sp³-hybridized carbons (Fsp3) is 0.462. The average Bonchev–Trinajstić information content (AvgIpc) is 2.45. The molecule has 116 valence electrons. The Hall–Kier alpha value is -2.22. The number of carbonyl (C=O) groups excluding carboxylic acids is 1. The summed E-state index contributed by atoms with van der Waals surface area (Å²) in [6.07, 6.45) is 0. The number of nitrogens with zero attached hydrogens (tertiary/aromatic N) is 1. The molecule has 0 aliphatic rings. The first-order valence-electron chi connectivity index (χ1n) is 6.27. The number of hydrogen-bond acceptors (Lipinski definition) is 6. The monoisotopic (exact) mass is 300 g/mol. The summed E-state index contributed by atoms with van der Waals surface area (Å²) in [5.74, 6) is -1.97. The molecule has 1 unspecified atom stereocenters. The maximum absolute atomic E-state index is 13.7. The highest BCUT2D eigenvalue weighted by molar-refractivity contribution is 5.80. The molecule has 1 aromatic carbocycles. The predicted molar refractivity (Wildman–Crippen MR) is 72.6 cm³/mol. The van der Waals surface area contributed by atoms with Crippen LogP contribution in [0.5, 0.6) is 5.75 Å². The molecule has 1 atom stereocenters. The largest absolute Gasteiger partial charge is 0.482 e. The third-order valence-corrected chi connectivity index (χ3v) is 2.93. The van der Waals surface area contributed by atoms with Crippen molar-refractivity contribution in [3.8, 4) is 5.75 Å². The topological polar surface area (TPSA) is 90.7 Å². The van der Waals surface area contributed by atoms with Crippen molar-refractivity contribution in [2.45, 2.75) is 19.4 Å². The molecule has 21 heavy (non-hydrogen) atoms. The van der Waals surface area contributed by atoms with Crippen molar-refractivity contribution in [1.82, 2.24) is 5.32 Å². The second kappa shape index (κ2) is 6.98. The van der Waals surface area contributed by atoms with Gasteiger partial charge in [-0.2, -0.15) is 0 Å². The molecular weight excluding hydrogens is 283 g/mol. The van der Waals surface area contributed by atoms with E-state index in [4.69, 9.17) is 9.47 Å². The van der Waals surface area contributed by atoms with Crippen LogP contribution in [0.1, 0.15) is 13.8 Å². The van der Waals surface area contributed by atoms with Gasteiger partial charge < -0.3 is 14.8 Å². The Labute approximate surface area is 121 Å². The summed E-state index contributed by atoms with van der Waals surface area (Å²) in [5.41, 5.74) is -1.75. The minimum atomic E-state index is -1.24. The van der Waals surface area contributed by atoms with Gasteiger partial charge in [0.1, 0.15) is 12.1 Å². The van der Waals surface area contributed by atoms with Gasteiger partial charge in [-0.05, 0) is 27.0 Å². The van der Waals surface area contributed by atoms with Crippen molar-refractivity contribution < 1.29 is 23.6 Å². The number of rotatable bonds is 7. The standard InChI is InChI=1S/C13H17FN2O5/c1-4-20-12(17)13(2,15-3)8-21-11-9(14)6-5-7-10(11)16(18)19/h5-7,15H,4,8H2,1-3H3. The Morgan fingerprint density at radius 3 is 2.71 bits per heavy atom. The maximum Gasteiger partial charge on any atom is 0.329 e. The average molecular weight is 300 g/mol. The number of nitrogens with one attached hydrogen (secondary N) is 1. The Morgan fingerprint density at radius 1 is 1.52 bits per heavy atom. The number of nitro benzene ring substituents is 1. The zero-order valence-electron chi connectivity index (χ0n) is 12.0. The predicted octanol–water partition coefficient (Wildman–Crippen LogP) is 1.65. The van der Waals surface area contributed by atoms with E-state index in [2.05, 4.69) is 5.32 Å². The molecule has 0 amide bonds. The van der Waals surface area contributed by atoms with Crippen LogP contribution in [-0.4, -0.2) is 36.7 Å². The van der Waals surface area contributed by atoms with Crippen LogP contribution >= 0.6 is 0 Å². The number of ether oxygens (including phenoxy) is 2. The van der Waals surface area contributed by atoms with E-state index in [0.717, 1.165) is 12.1 Å². The number of likely N-dealkylation sites (N-methyl/N-ethyl adjacent to an activating group) is 1. The van der Waals surface area contributed by atoms with Crippen LogP contribution in [0.4, 0.5) is 10.1 Å². The van der Waals surface area contributed by atoms with E-state index >= 15 is 0 Å². The van der Waals surface area contributed by atoms with Crippen molar-refractivity contribution in [2.24, 2.45) is 0 Å². The maximum atomic E-state index is 13.7. The van der Waals surface area contributed by atoms with Crippen molar-refractivity contribution in [3.63, 3.8) is 0 Å². The minimum absolute atomic E-state index is 0.177. The van der Waals surface area contributed by atoms with Crippen LogP contribution in [0, 0.1) is 15.9 Å². The SMILES string of the molecule is CCOC(=O)C(C)(COc1c(F)cccc1[N+](=O)[O-])NC. The van der Waals surface area contributed by atoms with Crippen molar-refractivity contribution in [2.75, 3.05) is 20.3 Å². The molecule has 0 saturated carbocycles. The van der Waals surface area contributed by atoms with Crippen molar-refractivity contribution >= 4 is 11.7 Å². The normalized spacial score (nSPS) is 13.3. The molecule has 0 bridgehead atoms. The number of hydrogen-bond donors (Lipinski definition) is 1. The van der Waals surface area contributed by atoms with Gasteiger partial charge in [0.25, 0.3) is 0 Å². The number of esters is 1. The number of halogens is 1. The molecule has 1 rings (SSSR count). The molecule has 0 heterocycles. The van der Waals surface area contributed by atoms with Crippen LogP contribution < -0.4 is 10.1 Å². The van der Waals surface area contributed by atoms with Gasteiger partial charge in [0.05, 0.1) is 11.5 Å². The quantitative estimate of drug-likeness (QED) is 0.468. The van der Waals surface area contributed by atoms with Gasteiger partial charge >= 0.3 is 11.7 Å². The summed E-state index contributed by atoms with van der Waals surface area (Å²) >= 11 is 0. The molecule has 0 radical (unpaired) electrons. The second-order valence-electron chi connectivity index (χ2n) is 4.44. The molecule has 0 fully saturated rings. The van der Waals surface area contributed by atoms with Gasteiger partial charge in [0, 0.05) is 6.07 Å². The van der Waals surface area contributed by atoms with Gasteiger partial charge in [-0.15, -0.1) is 0 Å². The third kappa shape index (κ3) is 3.88. The second-order valence-corrected chi connectivity index (χ2v) is 4.44. The number of carbonyl (C=O) groups is 1. The lowest BCUT2D eigenvalue weighted by molar-refractivity contribution is -0.386. The Morgan fingerprint density at radius 2 is 2.19 bits per heavy atom. The van der Waals surface area contributed by atoms with Gasteiger partial charge in [-0.1, -0.05) is 6.07 Å². The zero-order chi connectivity index (χ0) is 16.0. The first-order chi connectivity index (χ1) is 9.85. The third-order valence-electron chi connectivity index (χ3n) is 2.93. The Kier molecular flexibility index (Phi) is 5.60. The lowest BCUT2D eigenvalue weighted by Gasteiger charge is -2.26. The van der Waals surface area contributed by atoms with Gasteiger partial charge in [0.2, 0.25) is 5.75 Å². The lowest BCUT2D eigenvalue weighted by Crippen LogP contribution is -2.53. The van der Waals surface area contributed by atoms with E-state index in [1.165, 1.54) is 20.0 Å². The zero-order valence-corrected chi connectivity index (χ0v) is 12.0. The van der Waals surface area contributed by atoms with Crippen LogP contribution in [0.2, 0.25) is 0 Å². The molecular formula is C13H17FN2O5. The van der Waals surface area contributed by atoms with E-state index in [1.54, 1.807) is 6.92 Å². The highest BCUT2D eigenvalue weighted by Gasteiger charge is 2.35. The summed E-state index contributed by atoms with van der Waals surface area (Å²) in [6.45, 7) is 3.01. The highest BCUT2D eigenvalue weighted by Crippen LogP contribution is 2.30. The molecule has 0 aromatic heterocycles. The molecule has 0 aliphatic heterocycles. The number of nitro groups is 1. The first kappa shape index (κ1) is 16.8. The van der Waals surface area contributed by atoms with E-state index in [-0.39, 0.29) is 13.2 Å². The van der Waals surface area contributed by atoms with Crippen LogP contribution in [-0.2, 0) is 9.53 Å². The fourth-order valence-corrected chi connectivity index (χ4v) is 1.52. The van der Waals surface area contributed by atoms with Crippen molar-refractivity contribution in [3.05, 3.63) is 34.1 Å². The molecule has 1 aromatic rings. The van der Waals surface area contributed by atoms with Gasteiger partial charge in [-0.25, -0.2) is 9.18 Å². The van der Waals surface area contributed by atoms with E-state index in [0.29, 0.717) is 0 Å². The lowest BCUT2D eigenvalue weighted by atomic mass is 10.1. The smallest absolute Gasteiger partial charge is 0.329 e. The van der Waals surface area contributed by atoms with Crippen molar-refractivity contribution in [1.29, 1.82) is 0 Å². The molecule has 1 N–H and O–H groups in total. The number of benzene rings is 1. The van der Waals surface area contributed by atoms with E-state index in [9.17, 15) is 19.3 Å². The van der Waals surface area contributed by atoms with Gasteiger partial charge in [0.15, 0.2) is 5.82 Å². The summed E-state index contributed by atoms with van der Waals surface area (Å²) in [7, 11) is 1.51. The molecule has 7 nitrogen and oxygen atoms in total. The molecule has 0 saturated heterocycles. The fourth-order valence-electron chi connectivity index (χ4n) is 1.52. The first-order valence-corrected chi connectivity index (χ1v) is 6.27. The van der Waals surface area contributed by atoms with Crippen LogP contribution in [0.3, 0.4) is 0 Å². The minimum Gasteiger partial charge on any atom is -0.482 e. The highest BCUT2D eigenvalue weighted by atomic mass is 19.1. The van der Waals surface area contributed by atoms with Crippen LogP contribution in [0.25, 0.3) is 0 Å². The Bertz CT molecular complexity index is 537. The van der Waals surface area contributed by atoms with Gasteiger partial charge in [-0.3, -0.25) is 10.1 Å².